The smallest absolute Gasteiger partial charge is 0.246 e. The van der Waals surface area contributed by atoms with Crippen LogP contribution in [0.3, 0.4) is 0 Å². The molecule has 1 aliphatic rings. The second-order valence-corrected chi connectivity index (χ2v) is 7.91. The topological polar surface area (TPSA) is 23.6 Å². The Labute approximate surface area is 170 Å². The number of hydrogen-bond donors (Lipinski definition) is 0. The number of carbonyl (C=O) groups is 1. The van der Waals surface area contributed by atoms with Gasteiger partial charge < -0.3 is 4.90 Å². The predicted octanol–water partition coefficient (Wildman–Crippen LogP) is 4.70. The molecule has 1 fully saturated rings. The van der Waals surface area contributed by atoms with Gasteiger partial charge in [-0.1, -0.05) is 66.7 Å². The van der Waals surface area contributed by atoms with E-state index in [0.717, 1.165) is 31.1 Å². The van der Waals surface area contributed by atoms with Gasteiger partial charge in [0.2, 0.25) is 5.91 Å². The summed E-state index contributed by atoms with van der Waals surface area (Å²) in [6, 6.07) is 25.5. The van der Waals surface area contributed by atoms with Gasteiger partial charge in [-0.05, 0) is 28.6 Å². The van der Waals surface area contributed by atoms with E-state index in [1.165, 1.54) is 11.1 Å². The zero-order valence-corrected chi connectivity index (χ0v) is 16.6. The molecular formula is C24H24N2OS. The minimum atomic E-state index is 0.101. The molecule has 4 rings (SSSR count). The zero-order chi connectivity index (χ0) is 19.2. The van der Waals surface area contributed by atoms with Crippen molar-refractivity contribution < 1.29 is 4.79 Å². The molecule has 1 saturated heterocycles. The third-order valence-electron chi connectivity index (χ3n) is 5.16. The van der Waals surface area contributed by atoms with E-state index in [-0.39, 0.29) is 11.9 Å². The van der Waals surface area contributed by atoms with E-state index in [1.54, 1.807) is 17.4 Å². The molecule has 3 aromatic rings. The molecule has 28 heavy (non-hydrogen) atoms. The van der Waals surface area contributed by atoms with Crippen molar-refractivity contribution in [3.63, 3.8) is 0 Å². The third-order valence-corrected chi connectivity index (χ3v) is 5.99. The minimum absolute atomic E-state index is 0.101. The van der Waals surface area contributed by atoms with Gasteiger partial charge in [-0.25, -0.2) is 0 Å². The van der Waals surface area contributed by atoms with E-state index >= 15 is 0 Å². The molecule has 0 atom stereocenters. The first-order valence-corrected chi connectivity index (χ1v) is 10.5. The molecule has 0 saturated carbocycles. The van der Waals surface area contributed by atoms with Crippen molar-refractivity contribution in [1.82, 2.24) is 9.80 Å². The standard InChI is InChI=1S/C24H24N2OS/c27-23(14-13-22-12-7-19-28-22)25-15-17-26(18-16-25)24(20-8-3-1-4-9-20)21-10-5-2-6-11-21/h1-14,19,24H,15-18H2/b14-13+. The molecule has 1 aromatic heterocycles. The summed E-state index contributed by atoms with van der Waals surface area (Å²) in [5, 5.41) is 2.02. The lowest BCUT2D eigenvalue weighted by molar-refractivity contribution is -0.127. The highest BCUT2D eigenvalue weighted by molar-refractivity contribution is 7.10. The Hall–Kier alpha value is -2.69. The van der Waals surface area contributed by atoms with Crippen LogP contribution in [0.15, 0.2) is 84.3 Å². The normalized spacial score (nSPS) is 15.4. The van der Waals surface area contributed by atoms with Crippen LogP contribution >= 0.6 is 11.3 Å². The molecule has 0 radical (unpaired) electrons. The van der Waals surface area contributed by atoms with Crippen LogP contribution in [-0.2, 0) is 4.79 Å². The lowest BCUT2D eigenvalue weighted by Gasteiger charge is -2.39. The third kappa shape index (κ3) is 4.41. The van der Waals surface area contributed by atoms with E-state index in [1.807, 2.05) is 28.5 Å². The molecule has 0 unspecified atom stereocenters. The lowest BCUT2D eigenvalue weighted by Crippen LogP contribution is -2.49. The number of hydrogen-bond acceptors (Lipinski definition) is 3. The second kappa shape index (κ2) is 9.00. The molecule has 0 bridgehead atoms. The Bertz CT molecular complexity index is 859. The molecule has 3 nitrogen and oxygen atoms in total. The Kier molecular flexibility index (Phi) is 6.00. The molecule has 0 N–H and O–H groups in total. The molecule has 2 heterocycles. The van der Waals surface area contributed by atoms with Gasteiger partial charge in [-0.2, -0.15) is 0 Å². The fourth-order valence-corrected chi connectivity index (χ4v) is 4.35. The van der Waals surface area contributed by atoms with Crippen LogP contribution in [-0.4, -0.2) is 41.9 Å². The van der Waals surface area contributed by atoms with Crippen LogP contribution in [0, 0.1) is 0 Å². The predicted molar refractivity (Wildman–Crippen MR) is 116 cm³/mol. The van der Waals surface area contributed by atoms with Crippen LogP contribution in [0.4, 0.5) is 0 Å². The first kappa shape index (κ1) is 18.7. The van der Waals surface area contributed by atoms with Gasteiger partial charge in [0, 0.05) is 37.1 Å². The highest BCUT2D eigenvalue weighted by atomic mass is 32.1. The van der Waals surface area contributed by atoms with Crippen LogP contribution in [0.2, 0.25) is 0 Å². The molecule has 4 heteroatoms. The van der Waals surface area contributed by atoms with Gasteiger partial charge >= 0.3 is 0 Å². The van der Waals surface area contributed by atoms with Crippen LogP contribution in [0.1, 0.15) is 22.0 Å². The van der Waals surface area contributed by atoms with E-state index in [9.17, 15) is 4.79 Å². The van der Waals surface area contributed by atoms with Crippen molar-refractivity contribution in [1.29, 1.82) is 0 Å². The molecule has 1 aliphatic heterocycles. The number of rotatable bonds is 5. The van der Waals surface area contributed by atoms with Gasteiger partial charge in [0.05, 0.1) is 6.04 Å². The first-order valence-electron chi connectivity index (χ1n) is 9.66. The summed E-state index contributed by atoms with van der Waals surface area (Å²) in [4.78, 5) is 18.1. The Morgan fingerprint density at radius 2 is 1.43 bits per heavy atom. The van der Waals surface area contributed by atoms with Crippen LogP contribution < -0.4 is 0 Å². The maximum atomic E-state index is 12.5. The first-order chi connectivity index (χ1) is 13.8. The van der Waals surface area contributed by atoms with E-state index in [2.05, 4.69) is 65.6 Å². The number of nitrogens with zero attached hydrogens (tertiary/aromatic N) is 2. The van der Waals surface area contributed by atoms with Crippen LogP contribution in [0.25, 0.3) is 6.08 Å². The van der Waals surface area contributed by atoms with Crippen molar-refractivity contribution >= 4 is 23.3 Å². The summed E-state index contributed by atoms with van der Waals surface area (Å²) < 4.78 is 0. The van der Waals surface area contributed by atoms with Crippen LogP contribution in [0.5, 0.6) is 0 Å². The fourth-order valence-electron chi connectivity index (χ4n) is 3.73. The van der Waals surface area contributed by atoms with Crippen molar-refractivity contribution in [2.75, 3.05) is 26.2 Å². The number of piperazine rings is 1. The van der Waals surface area contributed by atoms with Crippen molar-refractivity contribution in [2.45, 2.75) is 6.04 Å². The molecule has 0 aliphatic carbocycles. The average molecular weight is 389 g/mol. The van der Waals surface area contributed by atoms with E-state index < -0.39 is 0 Å². The molecule has 2 aromatic carbocycles. The summed E-state index contributed by atoms with van der Waals surface area (Å²) in [6.45, 7) is 3.24. The average Bonchev–Trinajstić information content (AvgIpc) is 3.28. The summed E-state index contributed by atoms with van der Waals surface area (Å²) in [6.07, 6.45) is 3.61. The minimum Gasteiger partial charge on any atom is -0.337 e. The van der Waals surface area contributed by atoms with Gasteiger partial charge in [0.15, 0.2) is 0 Å². The Morgan fingerprint density at radius 3 is 1.96 bits per heavy atom. The molecule has 1 amide bonds. The largest absolute Gasteiger partial charge is 0.337 e. The van der Waals surface area contributed by atoms with Gasteiger partial charge in [-0.15, -0.1) is 11.3 Å². The van der Waals surface area contributed by atoms with Crippen molar-refractivity contribution in [2.24, 2.45) is 0 Å². The summed E-state index contributed by atoms with van der Waals surface area (Å²) in [5.41, 5.74) is 2.59. The Morgan fingerprint density at radius 1 is 0.821 bits per heavy atom. The maximum absolute atomic E-state index is 12.5. The van der Waals surface area contributed by atoms with Crippen molar-refractivity contribution in [3.05, 3.63) is 100 Å². The van der Waals surface area contributed by atoms with Gasteiger partial charge in [0.1, 0.15) is 0 Å². The quantitative estimate of drug-likeness (QED) is 0.592. The van der Waals surface area contributed by atoms with Gasteiger partial charge in [-0.3, -0.25) is 9.69 Å². The van der Waals surface area contributed by atoms with Gasteiger partial charge in [0.25, 0.3) is 0 Å². The molecular weight excluding hydrogens is 364 g/mol. The van der Waals surface area contributed by atoms with E-state index in [4.69, 9.17) is 0 Å². The lowest BCUT2D eigenvalue weighted by atomic mass is 9.96. The highest BCUT2D eigenvalue weighted by Gasteiger charge is 2.27. The number of carbonyl (C=O) groups excluding carboxylic acids is 1. The van der Waals surface area contributed by atoms with E-state index in [0.29, 0.717) is 0 Å². The summed E-state index contributed by atoms with van der Waals surface area (Å²) in [7, 11) is 0. The SMILES string of the molecule is O=C(/C=C/c1cccs1)N1CCN(C(c2ccccc2)c2ccccc2)CC1. The molecule has 142 valence electrons. The second-order valence-electron chi connectivity index (χ2n) is 6.93. The van der Waals surface area contributed by atoms with Crippen molar-refractivity contribution in [3.8, 4) is 0 Å². The highest BCUT2D eigenvalue weighted by Crippen LogP contribution is 2.29. The maximum Gasteiger partial charge on any atom is 0.246 e. The summed E-state index contributed by atoms with van der Waals surface area (Å²) >= 11 is 1.65. The fraction of sp³-hybridized carbons (Fsp3) is 0.208. The Balaban J connectivity index is 1.45. The monoisotopic (exact) mass is 388 g/mol. The summed E-state index contributed by atoms with van der Waals surface area (Å²) in [5.74, 6) is 0.101. The number of benzene rings is 2. The zero-order valence-electron chi connectivity index (χ0n) is 15.8. The number of thiophene rings is 1. The number of amides is 1. The molecule has 0 spiro atoms.